The van der Waals surface area contributed by atoms with Crippen LogP contribution >= 0.6 is 0 Å². The Bertz CT molecular complexity index is 1170. The third kappa shape index (κ3) is 4.43. The first kappa shape index (κ1) is 22.1. The average Bonchev–Trinajstić information content (AvgIpc) is 3.10. The fraction of sp³-hybridized carbons (Fsp3) is 0.304. The second-order valence-corrected chi connectivity index (χ2v) is 9.27. The summed E-state index contributed by atoms with van der Waals surface area (Å²) in [6.45, 7) is 5.68. The molecule has 6 nitrogen and oxygen atoms in total. The van der Waals surface area contributed by atoms with Crippen molar-refractivity contribution in [2.75, 3.05) is 13.9 Å². The van der Waals surface area contributed by atoms with Gasteiger partial charge >= 0.3 is 0 Å². The van der Waals surface area contributed by atoms with E-state index in [0.717, 1.165) is 16.7 Å². The van der Waals surface area contributed by atoms with Gasteiger partial charge in [-0.25, -0.2) is 12.4 Å². The van der Waals surface area contributed by atoms with Crippen LogP contribution in [-0.2, 0) is 27.8 Å². The third-order valence-corrected chi connectivity index (χ3v) is 6.48. The SMILES string of the molecule is COCOc1cc(CO)cc2c1c(CC=C(C)C)cn2S(=O)(=O)c1ccc(C)cc1. The lowest BCUT2D eigenvalue weighted by atomic mass is 10.1. The molecule has 3 aromatic rings. The van der Waals surface area contributed by atoms with Crippen molar-refractivity contribution in [2.45, 2.75) is 38.7 Å². The van der Waals surface area contributed by atoms with E-state index in [2.05, 4.69) is 0 Å². The van der Waals surface area contributed by atoms with E-state index in [1.807, 2.05) is 26.8 Å². The Morgan fingerprint density at radius 1 is 1.17 bits per heavy atom. The van der Waals surface area contributed by atoms with Crippen molar-refractivity contribution in [1.29, 1.82) is 0 Å². The highest BCUT2D eigenvalue weighted by molar-refractivity contribution is 7.90. The van der Waals surface area contributed by atoms with E-state index in [0.29, 0.717) is 28.6 Å². The molecule has 30 heavy (non-hydrogen) atoms. The van der Waals surface area contributed by atoms with Crippen LogP contribution in [0.25, 0.3) is 10.9 Å². The van der Waals surface area contributed by atoms with Gasteiger partial charge in [0, 0.05) is 18.7 Å². The molecule has 0 radical (unpaired) electrons. The number of nitrogens with zero attached hydrogens (tertiary/aromatic N) is 1. The first-order chi connectivity index (χ1) is 14.3. The Labute approximate surface area is 177 Å². The zero-order chi connectivity index (χ0) is 21.9. The number of fused-ring (bicyclic) bond motifs is 1. The molecule has 2 aromatic carbocycles. The first-order valence-electron chi connectivity index (χ1n) is 9.63. The number of methoxy groups -OCH3 is 1. The fourth-order valence-electron chi connectivity index (χ4n) is 3.25. The number of rotatable bonds is 8. The zero-order valence-corrected chi connectivity index (χ0v) is 18.5. The summed E-state index contributed by atoms with van der Waals surface area (Å²) >= 11 is 0. The van der Waals surface area contributed by atoms with Gasteiger partial charge in [-0.15, -0.1) is 0 Å². The maximum Gasteiger partial charge on any atom is 0.268 e. The second-order valence-electron chi connectivity index (χ2n) is 7.45. The molecule has 0 fully saturated rings. The van der Waals surface area contributed by atoms with Crippen molar-refractivity contribution in [2.24, 2.45) is 0 Å². The number of aliphatic hydroxyl groups is 1. The van der Waals surface area contributed by atoms with E-state index >= 15 is 0 Å². The van der Waals surface area contributed by atoms with Crippen LogP contribution in [0.1, 0.15) is 30.5 Å². The molecule has 1 aromatic heterocycles. The van der Waals surface area contributed by atoms with E-state index in [1.165, 1.54) is 11.1 Å². The highest BCUT2D eigenvalue weighted by Gasteiger charge is 2.23. The number of allylic oxidation sites excluding steroid dienone is 2. The van der Waals surface area contributed by atoms with Crippen molar-refractivity contribution in [3.63, 3.8) is 0 Å². The van der Waals surface area contributed by atoms with Gasteiger partial charge < -0.3 is 14.6 Å². The van der Waals surface area contributed by atoms with E-state index in [-0.39, 0.29) is 18.3 Å². The first-order valence-corrected chi connectivity index (χ1v) is 11.1. The molecule has 0 saturated heterocycles. The molecular weight excluding hydrogens is 402 g/mol. The van der Waals surface area contributed by atoms with Crippen molar-refractivity contribution in [3.05, 3.63) is 70.9 Å². The summed E-state index contributed by atoms with van der Waals surface area (Å²) in [5.41, 5.74) is 3.95. The molecule has 7 heteroatoms. The van der Waals surface area contributed by atoms with Gasteiger partial charge in [0.2, 0.25) is 0 Å². The number of hydrogen-bond donors (Lipinski definition) is 1. The largest absolute Gasteiger partial charge is 0.467 e. The summed E-state index contributed by atoms with van der Waals surface area (Å²) in [6, 6.07) is 10.2. The number of aryl methyl sites for hydroxylation is 1. The molecular formula is C23H27NO5S. The van der Waals surface area contributed by atoms with Gasteiger partial charge in [-0.3, -0.25) is 0 Å². The molecule has 0 aliphatic rings. The summed E-state index contributed by atoms with van der Waals surface area (Å²) in [4.78, 5) is 0.201. The Balaban J connectivity index is 2.30. The van der Waals surface area contributed by atoms with E-state index in [4.69, 9.17) is 9.47 Å². The van der Waals surface area contributed by atoms with Gasteiger partial charge in [0.25, 0.3) is 10.0 Å². The summed E-state index contributed by atoms with van der Waals surface area (Å²) < 4.78 is 39.0. The molecule has 0 unspecified atom stereocenters. The zero-order valence-electron chi connectivity index (χ0n) is 17.7. The van der Waals surface area contributed by atoms with Crippen LogP contribution in [0.3, 0.4) is 0 Å². The van der Waals surface area contributed by atoms with Crippen molar-refractivity contribution < 1.29 is 23.0 Å². The highest BCUT2D eigenvalue weighted by Crippen LogP contribution is 2.35. The lowest BCUT2D eigenvalue weighted by Crippen LogP contribution is -2.12. The minimum Gasteiger partial charge on any atom is -0.467 e. The van der Waals surface area contributed by atoms with Crippen molar-refractivity contribution in [3.8, 4) is 5.75 Å². The molecule has 1 heterocycles. The number of hydrogen-bond acceptors (Lipinski definition) is 5. The maximum atomic E-state index is 13.5. The van der Waals surface area contributed by atoms with Crippen LogP contribution < -0.4 is 4.74 Å². The Kier molecular flexibility index (Phi) is 6.65. The van der Waals surface area contributed by atoms with Crippen LogP contribution in [0.4, 0.5) is 0 Å². The number of aliphatic hydroxyl groups excluding tert-OH is 1. The van der Waals surface area contributed by atoms with Crippen LogP contribution in [0.2, 0.25) is 0 Å². The lowest BCUT2D eigenvalue weighted by Gasteiger charge is -2.12. The van der Waals surface area contributed by atoms with Gasteiger partial charge in [0.05, 0.1) is 17.0 Å². The smallest absolute Gasteiger partial charge is 0.268 e. The minimum atomic E-state index is -3.83. The molecule has 0 aliphatic heterocycles. The maximum absolute atomic E-state index is 13.5. The quantitative estimate of drug-likeness (QED) is 0.430. The fourth-order valence-corrected chi connectivity index (χ4v) is 4.62. The number of aromatic nitrogens is 1. The molecule has 3 rings (SSSR count). The average molecular weight is 430 g/mol. The normalized spacial score (nSPS) is 11.6. The molecule has 0 atom stereocenters. The Morgan fingerprint density at radius 2 is 1.87 bits per heavy atom. The molecule has 0 aliphatic carbocycles. The highest BCUT2D eigenvalue weighted by atomic mass is 32.2. The van der Waals surface area contributed by atoms with Gasteiger partial charge in [-0.1, -0.05) is 29.3 Å². The molecule has 0 amide bonds. The van der Waals surface area contributed by atoms with Crippen LogP contribution in [-0.4, -0.2) is 31.4 Å². The Morgan fingerprint density at radius 3 is 2.47 bits per heavy atom. The number of ether oxygens (including phenoxy) is 2. The van der Waals surface area contributed by atoms with Crippen LogP contribution in [0, 0.1) is 6.92 Å². The Hall–Kier alpha value is -2.61. The van der Waals surface area contributed by atoms with Gasteiger partial charge in [0.1, 0.15) is 5.75 Å². The van der Waals surface area contributed by atoms with E-state index in [9.17, 15) is 13.5 Å². The molecule has 0 bridgehead atoms. The second kappa shape index (κ2) is 9.04. The molecule has 0 spiro atoms. The predicted molar refractivity (Wildman–Crippen MR) is 117 cm³/mol. The summed E-state index contributed by atoms with van der Waals surface area (Å²) in [7, 11) is -2.32. The molecule has 160 valence electrons. The van der Waals surface area contributed by atoms with Crippen molar-refractivity contribution >= 4 is 20.9 Å². The molecule has 0 saturated carbocycles. The summed E-state index contributed by atoms with van der Waals surface area (Å²) in [6.07, 6.45) is 4.23. The summed E-state index contributed by atoms with van der Waals surface area (Å²) in [5, 5.41) is 10.4. The van der Waals surface area contributed by atoms with Crippen LogP contribution in [0.5, 0.6) is 5.75 Å². The standard InChI is InChI=1S/C23H27NO5S/c1-16(2)5-8-19-13-24(30(26,27)20-9-6-17(3)7-10-20)21-11-18(14-25)12-22(23(19)21)29-15-28-4/h5-7,9-13,25H,8,14-15H2,1-4H3. The third-order valence-electron chi connectivity index (χ3n) is 4.80. The minimum absolute atomic E-state index is 0.0158. The predicted octanol–water partition coefficient (Wildman–Crippen LogP) is 4.17. The topological polar surface area (TPSA) is 77.8 Å². The van der Waals surface area contributed by atoms with E-state index < -0.39 is 10.0 Å². The molecule has 1 N–H and O–H groups in total. The van der Waals surface area contributed by atoms with Crippen LogP contribution in [0.15, 0.2) is 59.1 Å². The lowest BCUT2D eigenvalue weighted by molar-refractivity contribution is 0.0521. The van der Waals surface area contributed by atoms with Gasteiger partial charge in [-0.05, 0) is 62.6 Å². The number of benzene rings is 2. The van der Waals surface area contributed by atoms with Gasteiger partial charge in [-0.2, -0.15) is 0 Å². The monoisotopic (exact) mass is 429 g/mol. The van der Waals surface area contributed by atoms with Crippen molar-refractivity contribution in [1.82, 2.24) is 3.97 Å². The summed E-state index contributed by atoms with van der Waals surface area (Å²) in [5.74, 6) is 0.480. The van der Waals surface area contributed by atoms with Gasteiger partial charge in [0.15, 0.2) is 6.79 Å². The van der Waals surface area contributed by atoms with E-state index in [1.54, 1.807) is 42.6 Å².